The topological polar surface area (TPSA) is 69.8 Å². The normalized spacial score (nSPS) is 15.3. The predicted molar refractivity (Wildman–Crippen MR) is 105 cm³/mol. The molecule has 1 saturated carbocycles. The van der Waals surface area contributed by atoms with Crippen LogP contribution in [0.3, 0.4) is 0 Å². The number of rotatable bonds is 5. The SMILES string of the molecule is Cc1ccc2nc(Nc3cc(CNC(=O)C4(C(F)(F)F)CC4)ccc3Cl)[nH]c2c1. The van der Waals surface area contributed by atoms with E-state index in [0.29, 0.717) is 22.2 Å². The zero-order valence-corrected chi connectivity index (χ0v) is 16.2. The molecule has 0 atom stereocenters. The van der Waals surface area contributed by atoms with Crippen LogP contribution in [0.1, 0.15) is 24.0 Å². The Morgan fingerprint density at radius 2 is 2.00 bits per heavy atom. The van der Waals surface area contributed by atoms with Crippen molar-refractivity contribution in [3.05, 3.63) is 52.5 Å². The summed E-state index contributed by atoms with van der Waals surface area (Å²) in [6.07, 6.45) is -4.86. The van der Waals surface area contributed by atoms with Crippen molar-refractivity contribution < 1.29 is 18.0 Å². The van der Waals surface area contributed by atoms with Gasteiger partial charge in [0.2, 0.25) is 11.9 Å². The lowest BCUT2D eigenvalue weighted by Gasteiger charge is -2.18. The largest absolute Gasteiger partial charge is 0.403 e. The fraction of sp³-hybridized carbons (Fsp3) is 0.300. The molecule has 1 fully saturated rings. The number of amides is 1. The van der Waals surface area contributed by atoms with Gasteiger partial charge in [0.1, 0.15) is 5.41 Å². The van der Waals surface area contributed by atoms with Crippen LogP contribution in [0.5, 0.6) is 0 Å². The van der Waals surface area contributed by atoms with Gasteiger partial charge in [0.15, 0.2) is 0 Å². The third kappa shape index (κ3) is 3.76. The minimum Gasteiger partial charge on any atom is -0.351 e. The number of nitrogens with one attached hydrogen (secondary N) is 3. The van der Waals surface area contributed by atoms with E-state index in [0.717, 1.165) is 16.6 Å². The van der Waals surface area contributed by atoms with E-state index in [9.17, 15) is 18.0 Å². The van der Waals surface area contributed by atoms with Crippen LogP contribution in [0.15, 0.2) is 36.4 Å². The van der Waals surface area contributed by atoms with Gasteiger partial charge in [0.25, 0.3) is 0 Å². The molecule has 1 aliphatic carbocycles. The van der Waals surface area contributed by atoms with Gasteiger partial charge in [-0.1, -0.05) is 23.7 Å². The molecule has 0 radical (unpaired) electrons. The monoisotopic (exact) mass is 422 g/mol. The first-order chi connectivity index (χ1) is 13.7. The predicted octanol–water partition coefficient (Wildman–Crippen LogP) is 5.23. The van der Waals surface area contributed by atoms with Crippen LogP contribution in [0.4, 0.5) is 24.8 Å². The van der Waals surface area contributed by atoms with Crippen LogP contribution in [0.2, 0.25) is 5.02 Å². The number of anilines is 2. The Kier molecular flexibility index (Phi) is 4.69. The van der Waals surface area contributed by atoms with Gasteiger partial charge in [0, 0.05) is 6.54 Å². The van der Waals surface area contributed by atoms with Crippen molar-refractivity contribution in [3.8, 4) is 0 Å². The Bertz CT molecular complexity index is 1090. The van der Waals surface area contributed by atoms with Crippen molar-refractivity contribution in [2.24, 2.45) is 5.41 Å². The molecule has 0 spiro atoms. The summed E-state index contributed by atoms with van der Waals surface area (Å²) in [6, 6.07) is 10.8. The molecule has 3 N–H and O–H groups in total. The van der Waals surface area contributed by atoms with Gasteiger partial charge in [-0.2, -0.15) is 13.2 Å². The number of fused-ring (bicyclic) bond motifs is 1. The molecule has 2 aromatic carbocycles. The summed E-state index contributed by atoms with van der Waals surface area (Å²) in [5.41, 5.74) is 1.68. The molecule has 5 nitrogen and oxygen atoms in total. The maximum atomic E-state index is 13.0. The van der Waals surface area contributed by atoms with Crippen molar-refractivity contribution >= 4 is 40.2 Å². The Labute approximate surface area is 169 Å². The number of imidazole rings is 1. The second-order valence-corrected chi connectivity index (χ2v) is 7.71. The van der Waals surface area contributed by atoms with Gasteiger partial charge < -0.3 is 15.6 Å². The summed E-state index contributed by atoms with van der Waals surface area (Å²) in [5.74, 6) is -0.496. The van der Waals surface area contributed by atoms with Gasteiger partial charge in [-0.25, -0.2) is 4.98 Å². The number of nitrogens with zero attached hydrogens (tertiary/aromatic N) is 1. The Morgan fingerprint density at radius 3 is 2.69 bits per heavy atom. The summed E-state index contributed by atoms with van der Waals surface area (Å²) in [5, 5.41) is 5.90. The van der Waals surface area contributed by atoms with E-state index in [-0.39, 0.29) is 19.4 Å². The highest BCUT2D eigenvalue weighted by Crippen LogP contribution is 2.57. The molecule has 1 amide bonds. The molecule has 1 heterocycles. The molecule has 0 aliphatic heterocycles. The van der Waals surface area contributed by atoms with Crippen molar-refractivity contribution in [1.29, 1.82) is 0 Å². The zero-order valence-electron chi connectivity index (χ0n) is 15.5. The third-order valence-corrected chi connectivity index (χ3v) is 5.43. The first-order valence-electron chi connectivity index (χ1n) is 9.05. The fourth-order valence-corrected chi connectivity index (χ4v) is 3.37. The lowest BCUT2D eigenvalue weighted by Crippen LogP contribution is -2.40. The number of H-pyrrole nitrogens is 1. The number of benzene rings is 2. The van der Waals surface area contributed by atoms with Crippen molar-refractivity contribution in [2.75, 3.05) is 5.32 Å². The van der Waals surface area contributed by atoms with Gasteiger partial charge in [-0.15, -0.1) is 0 Å². The quantitative estimate of drug-likeness (QED) is 0.527. The summed E-state index contributed by atoms with van der Waals surface area (Å²) >= 11 is 6.23. The van der Waals surface area contributed by atoms with E-state index < -0.39 is 17.5 Å². The molecule has 0 bridgehead atoms. The summed E-state index contributed by atoms with van der Waals surface area (Å²) in [4.78, 5) is 19.6. The molecule has 0 saturated heterocycles. The minimum atomic E-state index is -4.52. The molecule has 9 heteroatoms. The maximum Gasteiger partial charge on any atom is 0.403 e. The molecular formula is C20H18ClF3N4O. The number of hydrogen-bond donors (Lipinski definition) is 3. The highest BCUT2D eigenvalue weighted by Gasteiger charge is 2.68. The third-order valence-electron chi connectivity index (χ3n) is 5.10. The number of hydrogen-bond acceptors (Lipinski definition) is 3. The Hall–Kier alpha value is -2.74. The highest BCUT2D eigenvalue weighted by molar-refractivity contribution is 6.33. The molecule has 152 valence electrons. The fourth-order valence-electron chi connectivity index (χ4n) is 3.20. The summed E-state index contributed by atoms with van der Waals surface area (Å²) < 4.78 is 39.1. The lowest BCUT2D eigenvalue weighted by atomic mass is 10.1. The molecule has 1 aromatic heterocycles. The van der Waals surface area contributed by atoms with Gasteiger partial charge in [-0.3, -0.25) is 4.79 Å². The number of halogens is 4. The number of alkyl halides is 3. The minimum absolute atomic E-state index is 0.0260. The van der Waals surface area contributed by atoms with E-state index >= 15 is 0 Å². The second-order valence-electron chi connectivity index (χ2n) is 7.31. The van der Waals surface area contributed by atoms with Crippen molar-refractivity contribution in [2.45, 2.75) is 32.5 Å². The number of aromatic nitrogens is 2. The van der Waals surface area contributed by atoms with E-state index in [1.165, 1.54) is 0 Å². The zero-order chi connectivity index (χ0) is 20.8. The summed E-state index contributed by atoms with van der Waals surface area (Å²) in [7, 11) is 0. The molecule has 29 heavy (non-hydrogen) atoms. The smallest absolute Gasteiger partial charge is 0.351 e. The van der Waals surface area contributed by atoms with Crippen LogP contribution in [0.25, 0.3) is 11.0 Å². The lowest BCUT2D eigenvalue weighted by molar-refractivity contribution is -0.192. The van der Waals surface area contributed by atoms with Crippen molar-refractivity contribution in [1.82, 2.24) is 15.3 Å². The molecule has 4 rings (SSSR count). The number of aryl methyl sites for hydroxylation is 1. The Balaban J connectivity index is 1.48. The van der Waals surface area contributed by atoms with Crippen LogP contribution >= 0.6 is 11.6 Å². The van der Waals surface area contributed by atoms with Gasteiger partial charge in [-0.05, 0) is 55.2 Å². The van der Waals surface area contributed by atoms with Crippen LogP contribution in [0, 0.1) is 12.3 Å². The number of carbonyl (C=O) groups is 1. The average molecular weight is 423 g/mol. The standard InChI is InChI=1S/C20H18ClF3N4O/c1-11-2-5-14-16(8-11)28-18(26-14)27-15-9-12(3-4-13(15)21)10-25-17(29)19(6-7-19)20(22,23)24/h2-5,8-9H,6-7,10H2,1H3,(H,25,29)(H2,26,27,28). The first kappa shape index (κ1) is 19.6. The molecular weight excluding hydrogens is 405 g/mol. The summed E-state index contributed by atoms with van der Waals surface area (Å²) in [6.45, 7) is 1.95. The van der Waals surface area contributed by atoms with E-state index in [2.05, 4.69) is 20.6 Å². The highest BCUT2D eigenvalue weighted by atomic mass is 35.5. The molecule has 1 aliphatic rings. The Morgan fingerprint density at radius 1 is 1.24 bits per heavy atom. The van der Waals surface area contributed by atoms with Crippen LogP contribution in [-0.4, -0.2) is 22.1 Å². The van der Waals surface area contributed by atoms with Crippen molar-refractivity contribution in [3.63, 3.8) is 0 Å². The van der Waals surface area contributed by atoms with Crippen LogP contribution < -0.4 is 10.6 Å². The van der Waals surface area contributed by atoms with E-state index in [4.69, 9.17) is 11.6 Å². The van der Waals surface area contributed by atoms with E-state index in [1.54, 1.807) is 18.2 Å². The van der Waals surface area contributed by atoms with Crippen LogP contribution in [-0.2, 0) is 11.3 Å². The maximum absolute atomic E-state index is 13.0. The van der Waals surface area contributed by atoms with Gasteiger partial charge in [0.05, 0.1) is 21.7 Å². The number of carbonyl (C=O) groups excluding carboxylic acids is 1. The average Bonchev–Trinajstić information content (AvgIpc) is 3.38. The first-order valence-corrected chi connectivity index (χ1v) is 9.43. The van der Waals surface area contributed by atoms with Gasteiger partial charge >= 0.3 is 6.18 Å². The number of aromatic amines is 1. The van der Waals surface area contributed by atoms with E-state index in [1.807, 2.05) is 25.1 Å². The second kappa shape index (κ2) is 6.95. The molecule has 0 unspecified atom stereocenters. The molecule has 3 aromatic rings.